The summed E-state index contributed by atoms with van der Waals surface area (Å²) < 4.78 is 0.842. The maximum Gasteiger partial charge on any atom is 0.0931 e. The lowest BCUT2D eigenvalue weighted by Crippen LogP contribution is -2.40. The molecule has 0 aromatic carbocycles. The highest BCUT2D eigenvalue weighted by Gasteiger charge is 2.12. The summed E-state index contributed by atoms with van der Waals surface area (Å²) in [5.74, 6) is 5.98. The molecule has 0 bridgehead atoms. The molecule has 0 amide bonds. The summed E-state index contributed by atoms with van der Waals surface area (Å²) >= 11 is 7.45. The zero-order valence-corrected chi connectivity index (χ0v) is 9.45. The molecule has 1 unspecified atom stereocenters. The Morgan fingerprint density at radius 1 is 1.54 bits per heavy atom. The van der Waals surface area contributed by atoms with Gasteiger partial charge in [-0.05, 0) is 24.5 Å². The smallest absolute Gasteiger partial charge is 0.0931 e. The third-order valence-electron chi connectivity index (χ3n) is 2.07. The topological polar surface area (TPSA) is 38.0 Å². The van der Waals surface area contributed by atoms with Gasteiger partial charge >= 0.3 is 0 Å². The lowest BCUT2D eigenvalue weighted by Gasteiger charge is -2.18. The van der Waals surface area contributed by atoms with Crippen LogP contribution < -0.4 is 11.3 Å². The molecule has 3 N–H and O–H groups in total. The molecule has 1 aromatic heterocycles. The van der Waals surface area contributed by atoms with Crippen LogP contribution in [0.4, 0.5) is 0 Å². The van der Waals surface area contributed by atoms with Crippen LogP contribution in [0.2, 0.25) is 4.34 Å². The summed E-state index contributed by atoms with van der Waals surface area (Å²) in [7, 11) is 0. The number of nitrogens with one attached hydrogen (secondary N) is 1. The molecule has 13 heavy (non-hydrogen) atoms. The molecule has 1 rings (SSSR count). The second-order valence-corrected chi connectivity index (χ2v) is 5.23. The van der Waals surface area contributed by atoms with Gasteiger partial charge < -0.3 is 0 Å². The van der Waals surface area contributed by atoms with Crippen molar-refractivity contribution in [2.24, 2.45) is 11.8 Å². The van der Waals surface area contributed by atoms with Crippen molar-refractivity contribution < 1.29 is 0 Å². The Bertz CT molecular complexity index is 260. The lowest BCUT2D eigenvalue weighted by atomic mass is 10.0. The van der Waals surface area contributed by atoms with Gasteiger partial charge in [-0.25, -0.2) is 0 Å². The van der Waals surface area contributed by atoms with E-state index in [0.717, 1.165) is 10.8 Å². The van der Waals surface area contributed by atoms with E-state index in [1.807, 2.05) is 6.07 Å². The molecule has 0 radical (unpaired) electrons. The zero-order valence-electron chi connectivity index (χ0n) is 7.88. The van der Waals surface area contributed by atoms with Gasteiger partial charge in [0.25, 0.3) is 0 Å². The number of halogens is 1. The Morgan fingerprint density at radius 2 is 2.23 bits per heavy atom. The van der Waals surface area contributed by atoms with Crippen molar-refractivity contribution in [3.63, 3.8) is 0 Å². The largest absolute Gasteiger partial charge is 0.271 e. The molecule has 0 aliphatic heterocycles. The first kappa shape index (κ1) is 11.0. The molecule has 74 valence electrons. The minimum absolute atomic E-state index is 0.328. The van der Waals surface area contributed by atoms with E-state index in [-0.39, 0.29) is 0 Å². The number of hydrazine groups is 1. The van der Waals surface area contributed by atoms with Crippen molar-refractivity contribution in [2.45, 2.75) is 26.3 Å². The Labute approximate surface area is 88.1 Å². The Balaban J connectivity index is 2.56. The second-order valence-electron chi connectivity index (χ2n) is 3.43. The van der Waals surface area contributed by atoms with Crippen molar-refractivity contribution >= 4 is 22.9 Å². The van der Waals surface area contributed by atoms with Gasteiger partial charge in [0.2, 0.25) is 0 Å². The van der Waals surface area contributed by atoms with E-state index < -0.39 is 0 Å². The number of rotatable bonds is 4. The summed E-state index contributed by atoms with van der Waals surface area (Å²) in [5.41, 5.74) is 2.82. The number of nitrogens with two attached hydrogens (primary N) is 1. The van der Waals surface area contributed by atoms with Crippen LogP contribution >= 0.6 is 22.9 Å². The van der Waals surface area contributed by atoms with Crippen LogP contribution in [-0.2, 0) is 6.42 Å². The molecule has 0 aliphatic carbocycles. The summed E-state index contributed by atoms with van der Waals surface area (Å²) in [4.78, 5) is 1.28. The predicted octanol–water partition coefficient (Wildman–Crippen LogP) is 2.43. The molecule has 4 heteroatoms. The molecular formula is C9H15ClN2S. The van der Waals surface area contributed by atoms with Crippen LogP contribution in [0.1, 0.15) is 18.7 Å². The van der Waals surface area contributed by atoms with E-state index in [9.17, 15) is 0 Å². The molecule has 1 aromatic rings. The zero-order chi connectivity index (χ0) is 9.84. The maximum absolute atomic E-state index is 5.83. The molecule has 0 saturated carbocycles. The molecular weight excluding hydrogens is 204 g/mol. The van der Waals surface area contributed by atoms with Gasteiger partial charge in [-0.15, -0.1) is 11.3 Å². The quantitative estimate of drug-likeness (QED) is 0.602. The van der Waals surface area contributed by atoms with Crippen LogP contribution in [-0.4, -0.2) is 6.04 Å². The Hall–Kier alpha value is -0.0900. The normalized spacial score (nSPS) is 13.6. The van der Waals surface area contributed by atoms with E-state index in [1.54, 1.807) is 11.3 Å². The predicted molar refractivity (Wildman–Crippen MR) is 59.0 cm³/mol. The van der Waals surface area contributed by atoms with E-state index in [4.69, 9.17) is 17.4 Å². The van der Waals surface area contributed by atoms with Crippen LogP contribution in [0.5, 0.6) is 0 Å². The first-order chi connectivity index (χ1) is 6.13. The van der Waals surface area contributed by atoms with Gasteiger partial charge in [0.05, 0.1) is 4.34 Å². The fraction of sp³-hybridized carbons (Fsp3) is 0.556. The Kier molecular flexibility index (Phi) is 4.19. The average molecular weight is 219 g/mol. The molecule has 1 heterocycles. The molecule has 1 atom stereocenters. The number of thiophene rings is 1. The van der Waals surface area contributed by atoms with Gasteiger partial charge in [0, 0.05) is 10.9 Å². The van der Waals surface area contributed by atoms with E-state index in [1.165, 1.54) is 4.88 Å². The summed E-state index contributed by atoms with van der Waals surface area (Å²) in [6.45, 7) is 4.31. The van der Waals surface area contributed by atoms with E-state index in [0.29, 0.717) is 12.0 Å². The first-order valence-electron chi connectivity index (χ1n) is 4.34. The van der Waals surface area contributed by atoms with Crippen LogP contribution in [0.3, 0.4) is 0 Å². The third-order valence-corrected chi connectivity index (χ3v) is 3.32. The van der Waals surface area contributed by atoms with Gasteiger partial charge in [0.15, 0.2) is 0 Å². The van der Waals surface area contributed by atoms with Crippen LogP contribution in [0.15, 0.2) is 12.1 Å². The highest BCUT2D eigenvalue weighted by atomic mass is 35.5. The minimum Gasteiger partial charge on any atom is -0.271 e. The highest BCUT2D eigenvalue weighted by molar-refractivity contribution is 7.16. The minimum atomic E-state index is 0.328. The standard InChI is InChI=1S/C9H15ClN2S/c1-6(2)8(12-11)5-7-3-4-9(10)13-7/h3-4,6,8,12H,5,11H2,1-2H3. The Morgan fingerprint density at radius 3 is 2.62 bits per heavy atom. The average Bonchev–Trinajstić information content (AvgIpc) is 2.46. The fourth-order valence-electron chi connectivity index (χ4n) is 1.17. The molecule has 0 fully saturated rings. The molecule has 0 saturated heterocycles. The first-order valence-corrected chi connectivity index (χ1v) is 5.53. The number of hydrogen-bond donors (Lipinski definition) is 2. The van der Waals surface area contributed by atoms with Crippen molar-refractivity contribution in [1.29, 1.82) is 0 Å². The highest BCUT2D eigenvalue weighted by Crippen LogP contribution is 2.23. The van der Waals surface area contributed by atoms with Crippen molar-refractivity contribution in [3.05, 3.63) is 21.3 Å². The molecule has 2 nitrogen and oxygen atoms in total. The third kappa shape index (κ3) is 3.27. The van der Waals surface area contributed by atoms with Crippen molar-refractivity contribution in [2.75, 3.05) is 0 Å². The fourth-order valence-corrected chi connectivity index (χ4v) is 2.31. The van der Waals surface area contributed by atoms with Gasteiger partial charge in [0.1, 0.15) is 0 Å². The summed E-state index contributed by atoms with van der Waals surface area (Å²) in [5, 5.41) is 0. The van der Waals surface area contributed by atoms with Gasteiger partial charge in [-0.3, -0.25) is 11.3 Å². The lowest BCUT2D eigenvalue weighted by molar-refractivity contribution is 0.406. The summed E-state index contributed by atoms with van der Waals surface area (Å²) in [6, 6.07) is 4.31. The molecule has 0 aliphatic rings. The second kappa shape index (κ2) is 4.96. The van der Waals surface area contributed by atoms with Gasteiger partial charge in [-0.1, -0.05) is 25.4 Å². The van der Waals surface area contributed by atoms with E-state index in [2.05, 4.69) is 25.3 Å². The number of hydrogen-bond acceptors (Lipinski definition) is 3. The van der Waals surface area contributed by atoms with Gasteiger partial charge in [-0.2, -0.15) is 0 Å². The maximum atomic E-state index is 5.83. The van der Waals surface area contributed by atoms with Crippen molar-refractivity contribution in [3.8, 4) is 0 Å². The molecule has 0 spiro atoms. The van der Waals surface area contributed by atoms with Crippen LogP contribution in [0, 0.1) is 5.92 Å². The van der Waals surface area contributed by atoms with Crippen LogP contribution in [0.25, 0.3) is 0 Å². The summed E-state index contributed by atoms with van der Waals surface area (Å²) in [6.07, 6.45) is 0.950. The van der Waals surface area contributed by atoms with Crippen molar-refractivity contribution in [1.82, 2.24) is 5.43 Å². The van der Waals surface area contributed by atoms with E-state index >= 15 is 0 Å². The SMILES string of the molecule is CC(C)C(Cc1ccc(Cl)s1)NN. The monoisotopic (exact) mass is 218 g/mol.